The molecule has 214 valence electrons. The number of carbonyl (C=O) groups is 1. The number of rotatable bonds is 4. The summed E-state index contributed by atoms with van der Waals surface area (Å²) in [6.07, 6.45) is -15.5. The highest BCUT2D eigenvalue weighted by Crippen LogP contribution is 2.49. The highest BCUT2D eigenvalue weighted by atomic mass is 35.5. The molecule has 0 N–H and O–H groups in total. The van der Waals surface area contributed by atoms with E-state index in [0.29, 0.717) is 44.2 Å². The van der Waals surface area contributed by atoms with Crippen LogP contribution in [0.4, 0.5) is 36.8 Å². The molecule has 1 aromatic carbocycles. The maximum absolute atomic E-state index is 12.8. The summed E-state index contributed by atoms with van der Waals surface area (Å²) in [4.78, 5) is 17.8. The van der Waals surface area contributed by atoms with Gasteiger partial charge < -0.3 is 19.3 Å². The minimum atomic E-state index is -5.73. The highest BCUT2D eigenvalue weighted by molar-refractivity contribution is 6.30. The van der Waals surface area contributed by atoms with Crippen molar-refractivity contribution in [3.8, 4) is 0 Å². The van der Waals surface area contributed by atoms with E-state index in [2.05, 4.69) is 28.4 Å². The van der Waals surface area contributed by atoms with E-state index >= 15 is 0 Å². The number of ether oxygens (including phenoxy) is 2. The number of hydrogen-bond donors (Lipinski definition) is 0. The van der Waals surface area contributed by atoms with Gasteiger partial charge in [-0.2, -0.15) is 26.3 Å². The second-order valence-electron chi connectivity index (χ2n) is 11.1. The van der Waals surface area contributed by atoms with Crippen molar-refractivity contribution >= 4 is 23.4 Å². The van der Waals surface area contributed by atoms with Gasteiger partial charge in [0.1, 0.15) is 0 Å². The number of halogens is 7. The van der Waals surface area contributed by atoms with Gasteiger partial charge >= 0.3 is 18.4 Å². The molecule has 0 radical (unpaired) electrons. The van der Waals surface area contributed by atoms with Crippen LogP contribution in [0.25, 0.3) is 0 Å². The normalized spacial score (nSPS) is 22.4. The van der Waals surface area contributed by atoms with Crippen LogP contribution in [0.3, 0.4) is 0 Å². The Morgan fingerprint density at radius 1 is 1.05 bits per heavy atom. The molecule has 3 aliphatic rings. The number of hydrogen-bond acceptors (Lipinski definition) is 5. The van der Waals surface area contributed by atoms with E-state index in [-0.39, 0.29) is 24.0 Å². The van der Waals surface area contributed by atoms with Gasteiger partial charge in [-0.25, -0.2) is 4.79 Å². The van der Waals surface area contributed by atoms with Crippen molar-refractivity contribution < 1.29 is 40.6 Å². The van der Waals surface area contributed by atoms with Crippen LogP contribution in [0.5, 0.6) is 0 Å². The van der Waals surface area contributed by atoms with Gasteiger partial charge in [0.05, 0.1) is 13.2 Å². The standard InChI is InChI=1S/C25H32ClF6N3O3/c1-22(2)15-23(5-7-34(8-6-23)21(36)38-20(24(27,28)29)25(30,31)32)16-35(22)14-17-13-18(26)3-4-19(17)33-9-11-37-12-10-33/h3-4,13,20H,5-12,14-16H2,1-2H3. The molecule has 0 saturated carbocycles. The van der Waals surface area contributed by atoms with Crippen LogP contribution < -0.4 is 4.90 Å². The zero-order valence-corrected chi connectivity index (χ0v) is 22.1. The molecule has 3 saturated heterocycles. The third-order valence-corrected chi connectivity index (χ3v) is 8.08. The SMILES string of the molecule is CC1(C)CC2(CCN(C(=O)OC(C(F)(F)F)C(F)(F)F)CC2)CN1Cc1cc(Cl)ccc1N1CCOCC1. The summed E-state index contributed by atoms with van der Waals surface area (Å²) in [7, 11) is 0. The number of piperidine rings is 1. The predicted octanol–water partition coefficient (Wildman–Crippen LogP) is 5.87. The second kappa shape index (κ2) is 10.6. The van der Waals surface area contributed by atoms with E-state index in [0.717, 1.165) is 35.7 Å². The van der Waals surface area contributed by atoms with Gasteiger partial charge in [0, 0.05) is 55.5 Å². The molecule has 0 aromatic heterocycles. The molecule has 3 aliphatic heterocycles. The van der Waals surface area contributed by atoms with Gasteiger partial charge in [0.15, 0.2) is 0 Å². The van der Waals surface area contributed by atoms with Crippen molar-refractivity contribution in [3.63, 3.8) is 0 Å². The summed E-state index contributed by atoms with van der Waals surface area (Å²) in [5.74, 6) is 0. The second-order valence-corrected chi connectivity index (χ2v) is 11.5. The smallest absolute Gasteiger partial charge is 0.426 e. The van der Waals surface area contributed by atoms with Gasteiger partial charge in [-0.15, -0.1) is 0 Å². The molecule has 0 atom stereocenters. The third kappa shape index (κ3) is 6.44. The Morgan fingerprint density at radius 3 is 2.24 bits per heavy atom. The molecule has 1 spiro atoms. The average Bonchev–Trinajstić information content (AvgIpc) is 3.05. The van der Waals surface area contributed by atoms with Crippen LogP contribution in [-0.4, -0.2) is 85.8 Å². The molecule has 13 heteroatoms. The van der Waals surface area contributed by atoms with Gasteiger partial charge in [0.2, 0.25) is 0 Å². The maximum atomic E-state index is 12.8. The fourth-order valence-electron chi connectivity index (χ4n) is 5.97. The van der Waals surface area contributed by atoms with Gasteiger partial charge in [-0.05, 0) is 62.3 Å². The Labute approximate surface area is 222 Å². The topological polar surface area (TPSA) is 45.2 Å². The van der Waals surface area contributed by atoms with Crippen LogP contribution in [0.2, 0.25) is 5.02 Å². The van der Waals surface area contributed by atoms with Crippen LogP contribution in [0, 0.1) is 5.41 Å². The highest BCUT2D eigenvalue weighted by Gasteiger charge is 2.60. The van der Waals surface area contributed by atoms with Crippen LogP contribution in [0.15, 0.2) is 18.2 Å². The average molecular weight is 572 g/mol. The molecule has 38 heavy (non-hydrogen) atoms. The van der Waals surface area contributed by atoms with Gasteiger partial charge in [-0.3, -0.25) is 4.90 Å². The number of carbonyl (C=O) groups excluding carboxylic acids is 1. The molecule has 0 unspecified atom stereocenters. The largest absolute Gasteiger partial charge is 0.434 e. The lowest BCUT2D eigenvalue weighted by molar-refractivity contribution is -0.308. The zero-order chi connectivity index (χ0) is 27.9. The number of likely N-dealkylation sites (tertiary alicyclic amines) is 2. The first kappa shape index (κ1) is 29.1. The van der Waals surface area contributed by atoms with E-state index in [9.17, 15) is 31.1 Å². The Morgan fingerprint density at radius 2 is 1.66 bits per heavy atom. The lowest BCUT2D eigenvalue weighted by Gasteiger charge is -2.39. The van der Waals surface area contributed by atoms with Crippen LogP contribution in [0.1, 0.15) is 38.7 Å². The van der Waals surface area contributed by atoms with Gasteiger partial charge in [0.25, 0.3) is 6.10 Å². The first-order valence-corrected chi connectivity index (χ1v) is 12.9. The van der Waals surface area contributed by atoms with Crippen LogP contribution in [-0.2, 0) is 16.0 Å². The summed E-state index contributed by atoms with van der Waals surface area (Å²) in [5.41, 5.74) is 1.74. The van der Waals surface area contributed by atoms with Crippen molar-refractivity contribution in [1.82, 2.24) is 9.80 Å². The van der Waals surface area contributed by atoms with Crippen molar-refractivity contribution in [3.05, 3.63) is 28.8 Å². The first-order valence-electron chi connectivity index (χ1n) is 12.5. The fourth-order valence-corrected chi connectivity index (χ4v) is 6.16. The van der Waals surface area contributed by atoms with Crippen molar-refractivity contribution in [2.45, 2.75) is 63.7 Å². The number of nitrogens with zero attached hydrogens (tertiary/aromatic N) is 3. The minimum Gasteiger partial charge on any atom is -0.426 e. The summed E-state index contributed by atoms with van der Waals surface area (Å²) in [5, 5.41) is 0.631. The quantitative estimate of drug-likeness (QED) is 0.423. The Hall–Kier alpha value is -1.92. The fraction of sp³-hybridized carbons (Fsp3) is 0.720. The monoisotopic (exact) mass is 571 g/mol. The molecular formula is C25H32ClF6N3O3. The van der Waals surface area contributed by atoms with Gasteiger partial charge in [-0.1, -0.05) is 11.6 Å². The van der Waals surface area contributed by atoms with Crippen molar-refractivity contribution in [1.29, 1.82) is 0 Å². The summed E-state index contributed by atoms with van der Waals surface area (Å²) < 4.78 is 86.3. The molecule has 3 fully saturated rings. The number of amides is 1. The Balaban J connectivity index is 1.42. The number of alkyl halides is 6. The van der Waals surface area contributed by atoms with Crippen molar-refractivity contribution in [2.24, 2.45) is 5.41 Å². The minimum absolute atomic E-state index is 0.0291. The lowest BCUT2D eigenvalue weighted by Crippen LogP contribution is -2.50. The maximum Gasteiger partial charge on any atom is 0.434 e. The van der Waals surface area contributed by atoms with E-state index in [1.807, 2.05) is 18.2 Å². The molecule has 6 nitrogen and oxygen atoms in total. The number of morpholine rings is 1. The molecular weight excluding hydrogens is 540 g/mol. The molecule has 1 amide bonds. The summed E-state index contributed by atoms with van der Waals surface area (Å²) in [6.45, 7) is 8.46. The Bertz CT molecular complexity index is 991. The van der Waals surface area contributed by atoms with E-state index in [4.69, 9.17) is 16.3 Å². The molecule has 4 rings (SSSR count). The molecule has 3 heterocycles. The van der Waals surface area contributed by atoms with Crippen molar-refractivity contribution in [2.75, 3.05) is 50.8 Å². The summed E-state index contributed by atoms with van der Waals surface area (Å²) >= 11 is 6.34. The molecule has 0 bridgehead atoms. The third-order valence-electron chi connectivity index (χ3n) is 7.84. The molecule has 0 aliphatic carbocycles. The first-order chi connectivity index (χ1) is 17.6. The zero-order valence-electron chi connectivity index (χ0n) is 21.3. The summed E-state index contributed by atoms with van der Waals surface area (Å²) in [6, 6.07) is 5.84. The number of anilines is 1. The lowest BCUT2D eigenvalue weighted by atomic mass is 9.74. The number of benzene rings is 1. The van der Waals surface area contributed by atoms with E-state index in [1.165, 1.54) is 0 Å². The van der Waals surface area contributed by atoms with Crippen LogP contribution >= 0.6 is 11.6 Å². The predicted molar refractivity (Wildman–Crippen MR) is 129 cm³/mol. The van der Waals surface area contributed by atoms with E-state index in [1.54, 1.807) is 0 Å². The Kier molecular flexibility index (Phi) is 8.09. The van der Waals surface area contributed by atoms with E-state index < -0.39 is 24.5 Å². The molecule has 1 aromatic rings.